The Kier molecular flexibility index (Phi) is 7.20. The Balaban J connectivity index is 1.78. The standard InChI is InChI=1S/C24H18Cl2N8O3/c1-2-36-17-7-11(3-6-16(17)37-23(35)13-5-4-12(25)8-15(13)26)20-18-19(29)14(9-27)21(30)33-22(18)34-24(32-20)31-10-28/h3-8,20H,2H2,1H3,(H6,29,30,31,32,33,34). The van der Waals surface area contributed by atoms with Crippen LogP contribution < -0.4 is 31.6 Å². The zero-order valence-corrected chi connectivity index (χ0v) is 20.7. The van der Waals surface area contributed by atoms with Crippen molar-refractivity contribution in [2.45, 2.75) is 13.0 Å². The average molecular weight is 537 g/mol. The smallest absolute Gasteiger partial charge is 0.345 e. The number of rotatable bonds is 5. The van der Waals surface area contributed by atoms with E-state index in [0.717, 1.165) is 0 Å². The number of aromatic nitrogens is 1. The Hall–Kier alpha value is -4.71. The second kappa shape index (κ2) is 10.5. The third-order valence-electron chi connectivity index (χ3n) is 5.29. The zero-order chi connectivity index (χ0) is 26.7. The summed E-state index contributed by atoms with van der Waals surface area (Å²) in [6, 6.07) is 10.4. The Morgan fingerprint density at radius 3 is 2.65 bits per heavy atom. The third-order valence-corrected chi connectivity index (χ3v) is 5.84. The number of carbonyl (C=O) groups excluding carboxylic acids is 1. The lowest BCUT2D eigenvalue weighted by molar-refractivity contribution is 0.0728. The number of nitrogens with one attached hydrogen (secondary N) is 2. The van der Waals surface area contributed by atoms with Gasteiger partial charge in [-0.05, 0) is 42.8 Å². The normalized spacial score (nSPS) is 13.8. The number of benzene rings is 2. The Bertz CT molecular complexity index is 1530. The molecule has 186 valence electrons. The van der Waals surface area contributed by atoms with Crippen LogP contribution in [0.15, 0.2) is 41.4 Å². The van der Waals surface area contributed by atoms with Crippen molar-refractivity contribution in [3.63, 3.8) is 0 Å². The van der Waals surface area contributed by atoms with Crippen LogP contribution >= 0.6 is 23.2 Å². The number of pyridine rings is 1. The van der Waals surface area contributed by atoms with E-state index in [1.807, 2.05) is 6.07 Å². The molecule has 1 unspecified atom stereocenters. The van der Waals surface area contributed by atoms with Gasteiger partial charge in [-0.25, -0.2) is 14.8 Å². The van der Waals surface area contributed by atoms with Crippen molar-refractivity contribution in [2.24, 2.45) is 4.99 Å². The fraction of sp³-hybridized carbons (Fsp3) is 0.125. The van der Waals surface area contributed by atoms with E-state index in [1.54, 1.807) is 25.2 Å². The van der Waals surface area contributed by atoms with Crippen LogP contribution in [0.2, 0.25) is 10.0 Å². The number of esters is 1. The van der Waals surface area contributed by atoms with Crippen molar-refractivity contribution in [1.82, 2.24) is 10.3 Å². The highest BCUT2D eigenvalue weighted by Crippen LogP contribution is 2.42. The van der Waals surface area contributed by atoms with E-state index >= 15 is 0 Å². The van der Waals surface area contributed by atoms with Crippen molar-refractivity contribution in [3.8, 4) is 23.8 Å². The summed E-state index contributed by atoms with van der Waals surface area (Å²) in [7, 11) is 0. The molecule has 3 aromatic rings. The fourth-order valence-corrected chi connectivity index (χ4v) is 4.16. The van der Waals surface area contributed by atoms with Gasteiger partial charge in [0.05, 0.1) is 22.9 Å². The van der Waals surface area contributed by atoms with E-state index in [4.69, 9.17) is 49.4 Å². The molecule has 1 atom stereocenters. The molecule has 1 aliphatic rings. The van der Waals surface area contributed by atoms with Crippen LogP contribution in [0.25, 0.3) is 0 Å². The molecular weight excluding hydrogens is 519 g/mol. The van der Waals surface area contributed by atoms with Crippen molar-refractivity contribution in [2.75, 3.05) is 23.4 Å². The first kappa shape index (κ1) is 25.4. The van der Waals surface area contributed by atoms with Gasteiger partial charge in [0, 0.05) is 10.6 Å². The lowest BCUT2D eigenvalue weighted by atomic mass is 9.95. The minimum atomic E-state index is -0.804. The molecule has 6 N–H and O–H groups in total. The van der Waals surface area contributed by atoms with Gasteiger partial charge in [0.1, 0.15) is 29.3 Å². The highest BCUT2D eigenvalue weighted by atomic mass is 35.5. The van der Waals surface area contributed by atoms with Gasteiger partial charge < -0.3 is 26.3 Å². The molecule has 0 bridgehead atoms. The molecule has 0 saturated carbocycles. The summed E-state index contributed by atoms with van der Waals surface area (Å²) < 4.78 is 11.3. The SMILES string of the molecule is CCOc1cc(C2N=C(NC#N)Nc3nc(N)c(C#N)c(N)c32)ccc1OC(=O)c1ccc(Cl)cc1Cl. The number of guanidine groups is 1. The maximum absolute atomic E-state index is 12.8. The highest BCUT2D eigenvalue weighted by Gasteiger charge is 2.30. The van der Waals surface area contributed by atoms with Crippen molar-refractivity contribution in [3.05, 3.63) is 68.7 Å². The summed E-state index contributed by atoms with van der Waals surface area (Å²) >= 11 is 12.1. The third kappa shape index (κ3) is 5.00. The number of aliphatic imine (C=N–C) groups is 1. The van der Waals surface area contributed by atoms with Gasteiger partial charge in [0.15, 0.2) is 17.7 Å². The van der Waals surface area contributed by atoms with E-state index in [-0.39, 0.29) is 57.5 Å². The molecule has 1 aromatic heterocycles. The molecule has 2 heterocycles. The number of nitriles is 2. The van der Waals surface area contributed by atoms with E-state index in [2.05, 4.69) is 20.6 Å². The summed E-state index contributed by atoms with van der Waals surface area (Å²) in [6.07, 6.45) is 1.79. The van der Waals surface area contributed by atoms with Crippen molar-refractivity contribution < 1.29 is 14.3 Å². The monoisotopic (exact) mass is 536 g/mol. The molecule has 0 spiro atoms. The quantitative estimate of drug-likeness (QED) is 0.161. The van der Waals surface area contributed by atoms with Gasteiger partial charge >= 0.3 is 5.97 Å². The topological polar surface area (TPSA) is 184 Å². The summed E-state index contributed by atoms with van der Waals surface area (Å²) in [5.41, 5.74) is 13.3. The predicted molar refractivity (Wildman–Crippen MR) is 138 cm³/mol. The van der Waals surface area contributed by atoms with E-state index in [9.17, 15) is 10.1 Å². The molecule has 0 aliphatic carbocycles. The second-order valence-electron chi connectivity index (χ2n) is 7.55. The summed E-state index contributed by atoms with van der Waals surface area (Å²) in [5, 5.41) is 24.4. The first-order valence-corrected chi connectivity index (χ1v) is 11.5. The Morgan fingerprint density at radius 1 is 1.19 bits per heavy atom. The number of halogens is 2. The molecule has 0 saturated heterocycles. The van der Waals surface area contributed by atoms with Gasteiger partial charge in [-0.3, -0.25) is 5.32 Å². The minimum Gasteiger partial charge on any atom is -0.490 e. The number of nitrogens with zero attached hydrogens (tertiary/aromatic N) is 4. The van der Waals surface area contributed by atoms with Crippen molar-refractivity contribution in [1.29, 1.82) is 10.5 Å². The molecule has 0 amide bonds. The molecule has 2 aromatic carbocycles. The van der Waals surface area contributed by atoms with Crippen LogP contribution in [-0.2, 0) is 0 Å². The number of nitrogens with two attached hydrogens (primary N) is 2. The minimum absolute atomic E-state index is 0.00728. The van der Waals surface area contributed by atoms with E-state index < -0.39 is 12.0 Å². The Morgan fingerprint density at radius 2 is 1.97 bits per heavy atom. The number of ether oxygens (including phenoxy) is 2. The van der Waals surface area contributed by atoms with Crippen molar-refractivity contribution >= 4 is 52.5 Å². The first-order valence-electron chi connectivity index (χ1n) is 10.7. The van der Waals surface area contributed by atoms with Crippen LogP contribution in [0.3, 0.4) is 0 Å². The van der Waals surface area contributed by atoms with Gasteiger partial charge in [0.25, 0.3) is 0 Å². The molecule has 0 radical (unpaired) electrons. The number of hydrogen-bond acceptors (Lipinski definition) is 11. The molecule has 37 heavy (non-hydrogen) atoms. The lowest BCUT2D eigenvalue weighted by Gasteiger charge is -2.26. The summed E-state index contributed by atoms with van der Waals surface area (Å²) in [5.74, 6) is -0.0632. The lowest BCUT2D eigenvalue weighted by Crippen LogP contribution is -2.32. The number of nitrogen functional groups attached to an aromatic ring is 2. The number of anilines is 3. The summed E-state index contributed by atoms with van der Waals surface area (Å²) in [4.78, 5) is 21.5. The highest BCUT2D eigenvalue weighted by molar-refractivity contribution is 6.36. The van der Waals surface area contributed by atoms with Crippen LogP contribution in [0.1, 0.15) is 40.0 Å². The van der Waals surface area contributed by atoms with Gasteiger partial charge in [-0.2, -0.15) is 10.5 Å². The van der Waals surface area contributed by atoms with Gasteiger partial charge in [-0.1, -0.05) is 29.3 Å². The molecular formula is C24H18Cl2N8O3. The van der Waals surface area contributed by atoms with Crippen LogP contribution in [0, 0.1) is 22.8 Å². The zero-order valence-electron chi connectivity index (χ0n) is 19.2. The van der Waals surface area contributed by atoms with Gasteiger partial charge in [0.2, 0.25) is 5.96 Å². The molecule has 11 nitrogen and oxygen atoms in total. The number of fused-ring (bicyclic) bond motifs is 1. The van der Waals surface area contributed by atoms with Crippen LogP contribution in [0.4, 0.5) is 17.3 Å². The molecule has 1 aliphatic heterocycles. The van der Waals surface area contributed by atoms with E-state index in [0.29, 0.717) is 16.1 Å². The maximum Gasteiger partial charge on any atom is 0.345 e. The molecule has 13 heteroatoms. The fourth-order valence-electron chi connectivity index (χ4n) is 3.68. The van der Waals surface area contributed by atoms with Gasteiger partial charge in [-0.15, -0.1) is 0 Å². The maximum atomic E-state index is 12.8. The van der Waals surface area contributed by atoms with Crippen LogP contribution in [-0.4, -0.2) is 23.5 Å². The van der Waals surface area contributed by atoms with Crippen LogP contribution in [0.5, 0.6) is 11.5 Å². The Labute approximate surface area is 221 Å². The second-order valence-corrected chi connectivity index (χ2v) is 8.40. The molecule has 4 rings (SSSR count). The van der Waals surface area contributed by atoms with E-state index in [1.165, 1.54) is 24.3 Å². The molecule has 0 fully saturated rings. The first-order chi connectivity index (χ1) is 17.8. The summed E-state index contributed by atoms with van der Waals surface area (Å²) in [6.45, 7) is 2.03. The predicted octanol–water partition coefficient (Wildman–Crippen LogP) is 3.98. The number of hydrogen-bond donors (Lipinski definition) is 4. The number of carbonyl (C=O) groups is 1. The average Bonchev–Trinajstić information content (AvgIpc) is 2.85. The largest absolute Gasteiger partial charge is 0.490 e.